The van der Waals surface area contributed by atoms with E-state index in [9.17, 15) is 9.90 Å². The zero-order chi connectivity index (χ0) is 12.1. The minimum atomic E-state index is -0.489. The Morgan fingerprint density at radius 1 is 1.50 bits per heavy atom. The molecule has 4 heteroatoms. The van der Waals surface area contributed by atoms with Crippen molar-refractivity contribution in [3.05, 3.63) is 29.8 Å². The van der Waals surface area contributed by atoms with Gasteiger partial charge in [-0.1, -0.05) is 26.0 Å². The number of nitrogens with two attached hydrogens (primary N) is 1. The van der Waals surface area contributed by atoms with Crippen LogP contribution >= 0.6 is 0 Å². The first-order valence-corrected chi connectivity index (χ1v) is 5.32. The summed E-state index contributed by atoms with van der Waals surface area (Å²) >= 11 is 0. The van der Waals surface area contributed by atoms with Crippen molar-refractivity contribution in [3.63, 3.8) is 0 Å². The number of rotatable bonds is 4. The molecule has 0 aliphatic rings. The number of hydrogen-bond acceptors (Lipinski definition) is 3. The second kappa shape index (κ2) is 5.51. The van der Waals surface area contributed by atoms with E-state index < -0.39 is 6.04 Å². The molecule has 4 nitrogen and oxygen atoms in total. The highest BCUT2D eigenvalue weighted by Gasteiger charge is 2.16. The van der Waals surface area contributed by atoms with E-state index in [1.54, 1.807) is 18.2 Å². The van der Waals surface area contributed by atoms with Gasteiger partial charge in [-0.2, -0.15) is 0 Å². The quantitative estimate of drug-likeness (QED) is 0.711. The third-order valence-corrected chi connectivity index (χ3v) is 2.40. The molecule has 0 heterocycles. The fourth-order valence-corrected chi connectivity index (χ4v) is 1.28. The number of aromatic hydroxyl groups is 1. The van der Waals surface area contributed by atoms with E-state index in [-0.39, 0.29) is 17.6 Å². The number of phenolic OH excluding ortho intramolecular Hbond substituents is 1. The molecule has 1 aromatic rings. The van der Waals surface area contributed by atoms with Gasteiger partial charge in [0.1, 0.15) is 5.75 Å². The van der Waals surface area contributed by atoms with Crippen LogP contribution in [0.4, 0.5) is 0 Å². The van der Waals surface area contributed by atoms with Gasteiger partial charge in [0.15, 0.2) is 0 Å². The Bertz CT molecular complexity index is 364. The summed E-state index contributed by atoms with van der Waals surface area (Å²) in [4.78, 5) is 11.5. The fourth-order valence-electron chi connectivity index (χ4n) is 1.28. The van der Waals surface area contributed by atoms with Crippen molar-refractivity contribution in [2.75, 3.05) is 0 Å². The van der Waals surface area contributed by atoms with Crippen LogP contribution in [0.2, 0.25) is 0 Å². The van der Waals surface area contributed by atoms with Crippen LogP contribution in [0.15, 0.2) is 24.3 Å². The van der Waals surface area contributed by atoms with Crippen LogP contribution in [0.5, 0.6) is 5.75 Å². The Balaban J connectivity index is 2.49. The molecule has 16 heavy (non-hydrogen) atoms. The number of hydrogen-bond donors (Lipinski definition) is 3. The highest BCUT2D eigenvalue weighted by atomic mass is 16.3. The highest BCUT2D eigenvalue weighted by molar-refractivity contribution is 5.81. The van der Waals surface area contributed by atoms with Crippen LogP contribution in [-0.2, 0) is 11.3 Å². The summed E-state index contributed by atoms with van der Waals surface area (Å²) in [6.45, 7) is 4.19. The SMILES string of the molecule is CC(C)C(N)C(=O)NCc1cccc(O)c1. The maximum atomic E-state index is 11.5. The molecule has 1 unspecified atom stereocenters. The predicted molar refractivity (Wildman–Crippen MR) is 62.8 cm³/mol. The van der Waals surface area contributed by atoms with E-state index >= 15 is 0 Å². The molecule has 0 aliphatic heterocycles. The van der Waals surface area contributed by atoms with E-state index in [1.807, 2.05) is 19.9 Å². The standard InChI is InChI=1S/C12H18N2O2/c1-8(2)11(13)12(16)14-7-9-4-3-5-10(15)6-9/h3-6,8,11,15H,7,13H2,1-2H3,(H,14,16). The largest absolute Gasteiger partial charge is 0.508 e. The number of carbonyl (C=O) groups excluding carboxylic acids is 1. The van der Waals surface area contributed by atoms with Gasteiger partial charge >= 0.3 is 0 Å². The zero-order valence-electron chi connectivity index (χ0n) is 9.60. The zero-order valence-corrected chi connectivity index (χ0v) is 9.60. The lowest BCUT2D eigenvalue weighted by atomic mass is 10.0. The number of phenols is 1. The molecule has 4 N–H and O–H groups in total. The van der Waals surface area contributed by atoms with Crippen LogP contribution in [-0.4, -0.2) is 17.1 Å². The lowest BCUT2D eigenvalue weighted by Gasteiger charge is -2.15. The van der Waals surface area contributed by atoms with Crippen LogP contribution in [0.1, 0.15) is 19.4 Å². The maximum Gasteiger partial charge on any atom is 0.237 e. The molecule has 0 bridgehead atoms. The Hall–Kier alpha value is -1.55. The smallest absolute Gasteiger partial charge is 0.237 e. The minimum Gasteiger partial charge on any atom is -0.508 e. The molecule has 88 valence electrons. The van der Waals surface area contributed by atoms with Gasteiger partial charge in [-0.25, -0.2) is 0 Å². The molecule has 1 atom stereocenters. The summed E-state index contributed by atoms with van der Waals surface area (Å²) < 4.78 is 0. The summed E-state index contributed by atoms with van der Waals surface area (Å²) in [5.41, 5.74) is 6.54. The monoisotopic (exact) mass is 222 g/mol. The first-order valence-electron chi connectivity index (χ1n) is 5.32. The van der Waals surface area contributed by atoms with Crippen molar-refractivity contribution in [1.29, 1.82) is 0 Å². The molecule has 0 saturated heterocycles. The molecule has 0 saturated carbocycles. The Morgan fingerprint density at radius 2 is 2.19 bits per heavy atom. The van der Waals surface area contributed by atoms with Crippen molar-refractivity contribution >= 4 is 5.91 Å². The van der Waals surface area contributed by atoms with Gasteiger partial charge in [-0.3, -0.25) is 4.79 Å². The molecule has 1 aromatic carbocycles. The van der Waals surface area contributed by atoms with Gasteiger partial charge in [0, 0.05) is 6.54 Å². The van der Waals surface area contributed by atoms with Gasteiger partial charge in [0.05, 0.1) is 6.04 Å². The molecule has 0 aliphatic carbocycles. The second-order valence-electron chi connectivity index (χ2n) is 4.16. The topological polar surface area (TPSA) is 75.4 Å². The summed E-state index contributed by atoms with van der Waals surface area (Å²) in [5.74, 6) is 0.141. The van der Waals surface area contributed by atoms with Gasteiger partial charge in [0.25, 0.3) is 0 Å². The molecule has 0 spiro atoms. The normalized spacial score (nSPS) is 12.5. The van der Waals surface area contributed by atoms with Crippen LogP contribution in [0.3, 0.4) is 0 Å². The second-order valence-corrected chi connectivity index (χ2v) is 4.16. The first kappa shape index (κ1) is 12.5. The van der Waals surface area contributed by atoms with Gasteiger partial charge in [0.2, 0.25) is 5.91 Å². The number of benzene rings is 1. The average molecular weight is 222 g/mol. The van der Waals surface area contributed by atoms with E-state index in [0.29, 0.717) is 6.54 Å². The highest BCUT2D eigenvalue weighted by Crippen LogP contribution is 2.10. The molecular formula is C12H18N2O2. The maximum absolute atomic E-state index is 11.5. The third kappa shape index (κ3) is 3.55. The molecular weight excluding hydrogens is 204 g/mol. The van der Waals surface area contributed by atoms with Gasteiger partial charge in [-0.15, -0.1) is 0 Å². The molecule has 0 fully saturated rings. The van der Waals surface area contributed by atoms with Crippen molar-refractivity contribution in [2.45, 2.75) is 26.4 Å². The van der Waals surface area contributed by atoms with E-state index in [1.165, 1.54) is 0 Å². The summed E-state index contributed by atoms with van der Waals surface area (Å²) in [5, 5.41) is 12.0. The van der Waals surface area contributed by atoms with Gasteiger partial charge in [-0.05, 0) is 23.6 Å². The van der Waals surface area contributed by atoms with Crippen molar-refractivity contribution < 1.29 is 9.90 Å². The average Bonchev–Trinajstić information content (AvgIpc) is 2.24. The minimum absolute atomic E-state index is 0.115. The molecule has 1 amide bonds. The Kier molecular flexibility index (Phi) is 4.31. The van der Waals surface area contributed by atoms with Crippen molar-refractivity contribution in [2.24, 2.45) is 11.7 Å². The van der Waals surface area contributed by atoms with E-state index in [2.05, 4.69) is 5.32 Å². The lowest BCUT2D eigenvalue weighted by molar-refractivity contribution is -0.123. The molecule has 0 aromatic heterocycles. The van der Waals surface area contributed by atoms with E-state index in [4.69, 9.17) is 5.73 Å². The first-order chi connectivity index (χ1) is 7.50. The predicted octanol–water partition coefficient (Wildman–Crippen LogP) is 0.992. The number of amides is 1. The summed E-state index contributed by atoms with van der Waals surface area (Å²) in [6, 6.07) is 6.28. The van der Waals surface area contributed by atoms with Crippen molar-refractivity contribution in [3.8, 4) is 5.75 Å². The third-order valence-electron chi connectivity index (χ3n) is 2.40. The summed E-state index contributed by atoms with van der Waals surface area (Å²) in [7, 11) is 0. The van der Waals surface area contributed by atoms with E-state index in [0.717, 1.165) is 5.56 Å². The van der Waals surface area contributed by atoms with Gasteiger partial charge < -0.3 is 16.2 Å². The summed E-state index contributed by atoms with van der Waals surface area (Å²) in [6.07, 6.45) is 0. The van der Waals surface area contributed by atoms with Crippen LogP contribution in [0.25, 0.3) is 0 Å². The van der Waals surface area contributed by atoms with Crippen LogP contribution in [0, 0.1) is 5.92 Å². The Labute approximate surface area is 95.5 Å². The number of carbonyl (C=O) groups is 1. The Morgan fingerprint density at radius 3 is 2.75 bits per heavy atom. The van der Waals surface area contributed by atoms with Crippen molar-refractivity contribution in [1.82, 2.24) is 5.32 Å². The van der Waals surface area contributed by atoms with Crippen LogP contribution < -0.4 is 11.1 Å². The molecule has 1 rings (SSSR count). The molecule has 0 radical (unpaired) electrons. The number of nitrogens with one attached hydrogen (secondary N) is 1. The fraction of sp³-hybridized carbons (Fsp3) is 0.417. The lowest BCUT2D eigenvalue weighted by Crippen LogP contribution is -2.43.